The molecule has 3 heteroatoms. The summed E-state index contributed by atoms with van der Waals surface area (Å²) < 4.78 is 5.42. The highest BCUT2D eigenvalue weighted by molar-refractivity contribution is 5.92. The molecule has 0 unspecified atom stereocenters. The summed E-state index contributed by atoms with van der Waals surface area (Å²) in [6, 6.07) is 29.1. The van der Waals surface area contributed by atoms with Gasteiger partial charge in [0.05, 0.1) is 11.2 Å². The van der Waals surface area contributed by atoms with Crippen LogP contribution < -0.4 is 0 Å². The monoisotopic (exact) mass is 421 g/mol. The van der Waals surface area contributed by atoms with Crippen LogP contribution in [0.25, 0.3) is 33.3 Å². The molecule has 0 amide bonds. The lowest BCUT2D eigenvalue weighted by molar-refractivity contribution is -0.120. The summed E-state index contributed by atoms with van der Waals surface area (Å²) >= 11 is 0. The lowest BCUT2D eigenvalue weighted by Gasteiger charge is -2.21. The highest BCUT2D eigenvalue weighted by atomic mass is 16.5. The molecule has 4 aromatic rings. The minimum atomic E-state index is 0.313. The number of hydrogen-bond acceptors (Lipinski definition) is 3. The van der Waals surface area contributed by atoms with Crippen LogP contribution in [0, 0.1) is 5.92 Å². The lowest BCUT2D eigenvalue weighted by atomic mass is 9.92. The third-order valence-electron chi connectivity index (χ3n) is 6.27. The number of Topliss-reactive ketones (excluding diaryl/α,β-unsaturated/α-hetero) is 1. The number of ketones is 1. The van der Waals surface area contributed by atoms with Crippen molar-refractivity contribution in [3.8, 4) is 22.4 Å². The van der Waals surface area contributed by atoms with Gasteiger partial charge in [0.25, 0.3) is 0 Å². The quantitative estimate of drug-likeness (QED) is 0.357. The van der Waals surface area contributed by atoms with Crippen molar-refractivity contribution in [2.45, 2.75) is 25.7 Å². The van der Waals surface area contributed by atoms with E-state index >= 15 is 0 Å². The molecule has 2 heterocycles. The van der Waals surface area contributed by atoms with Gasteiger partial charge in [-0.3, -0.25) is 4.79 Å². The van der Waals surface area contributed by atoms with E-state index in [-0.39, 0.29) is 0 Å². The van der Waals surface area contributed by atoms with Crippen molar-refractivity contribution < 1.29 is 9.53 Å². The van der Waals surface area contributed by atoms with Crippen molar-refractivity contribution in [3.63, 3.8) is 0 Å². The van der Waals surface area contributed by atoms with Crippen molar-refractivity contribution in [1.29, 1.82) is 0 Å². The van der Waals surface area contributed by atoms with E-state index in [0.29, 0.717) is 24.5 Å². The fourth-order valence-electron chi connectivity index (χ4n) is 4.56. The van der Waals surface area contributed by atoms with Crippen molar-refractivity contribution in [2.75, 3.05) is 13.2 Å². The molecule has 0 atom stereocenters. The van der Waals surface area contributed by atoms with E-state index in [1.54, 1.807) is 0 Å². The average molecular weight is 422 g/mol. The maximum atomic E-state index is 12.7. The Morgan fingerprint density at radius 1 is 0.844 bits per heavy atom. The number of fused-ring (bicyclic) bond motifs is 1. The molecule has 32 heavy (non-hydrogen) atoms. The predicted molar refractivity (Wildman–Crippen MR) is 129 cm³/mol. The molecule has 1 aliphatic heterocycles. The largest absolute Gasteiger partial charge is 0.381 e. The van der Waals surface area contributed by atoms with Crippen molar-refractivity contribution in [3.05, 3.63) is 90.5 Å². The minimum absolute atomic E-state index is 0.313. The maximum Gasteiger partial charge on any atom is 0.137 e. The molecule has 0 bridgehead atoms. The van der Waals surface area contributed by atoms with Gasteiger partial charge in [-0.1, -0.05) is 66.7 Å². The van der Waals surface area contributed by atoms with E-state index in [9.17, 15) is 4.79 Å². The Labute approximate surface area is 189 Å². The Kier molecular flexibility index (Phi) is 6.09. The van der Waals surface area contributed by atoms with Crippen molar-refractivity contribution >= 4 is 16.7 Å². The molecule has 160 valence electrons. The van der Waals surface area contributed by atoms with Crippen molar-refractivity contribution in [1.82, 2.24) is 4.98 Å². The number of carbonyl (C=O) groups is 1. The van der Waals surface area contributed by atoms with E-state index in [1.807, 2.05) is 36.4 Å². The molecule has 0 saturated carbocycles. The number of benzene rings is 3. The molecule has 1 aromatic heterocycles. The first kappa shape index (κ1) is 20.6. The van der Waals surface area contributed by atoms with Crippen LogP contribution in [0.1, 0.15) is 24.8 Å². The smallest absolute Gasteiger partial charge is 0.137 e. The van der Waals surface area contributed by atoms with Gasteiger partial charge < -0.3 is 4.74 Å². The topological polar surface area (TPSA) is 39.2 Å². The van der Waals surface area contributed by atoms with Crippen LogP contribution in [0.2, 0.25) is 0 Å². The number of aromatic nitrogens is 1. The van der Waals surface area contributed by atoms with Crippen molar-refractivity contribution in [2.24, 2.45) is 5.92 Å². The SMILES string of the molecule is O=C(Cc1ccc2nc(-c3ccccc3)c(-c3ccccc3)cc2c1)CC1CCOCC1. The Balaban J connectivity index is 1.48. The summed E-state index contributed by atoms with van der Waals surface area (Å²) in [7, 11) is 0. The van der Waals surface area contributed by atoms with Crippen LogP contribution in [0.5, 0.6) is 0 Å². The fourth-order valence-corrected chi connectivity index (χ4v) is 4.56. The van der Waals surface area contributed by atoms with E-state index in [1.165, 1.54) is 0 Å². The Morgan fingerprint density at radius 3 is 2.25 bits per heavy atom. The molecule has 3 aromatic carbocycles. The van der Waals surface area contributed by atoms with Crippen LogP contribution in [0.15, 0.2) is 84.9 Å². The number of rotatable bonds is 6. The lowest BCUT2D eigenvalue weighted by Crippen LogP contribution is -2.19. The zero-order valence-electron chi connectivity index (χ0n) is 18.2. The normalized spacial score (nSPS) is 14.5. The molecule has 1 fully saturated rings. The third kappa shape index (κ3) is 4.63. The van der Waals surface area contributed by atoms with Crippen LogP contribution >= 0.6 is 0 Å². The second-order valence-corrected chi connectivity index (χ2v) is 8.62. The fraction of sp³-hybridized carbons (Fsp3) is 0.241. The first-order valence-electron chi connectivity index (χ1n) is 11.4. The van der Waals surface area contributed by atoms with Gasteiger partial charge in [-0.05, 0) is 48.1 Å². The van der Waals surface area contributed by atoms with Gasteiger partial charge >= 0.3 is 0 Å². The number of carbonyl (C=O) groups excluding carboxylic acids is 1. The number of ether oxygens (including phenoxy) is 1. The summed E-state index contributed by atoms with van der Waals surface area (Å²) in [6.07, 6.45) is 3.13. The van der Waals surface area contributed by atoms with Gasteiger partial charge in [0.15, 0.2) is 0 Å². The van der Waals surface area contributed by atoms with Gasteiger partial charge in [0.1, 0.15) is 5.78 Å². The molecule has 0 aliphatic carbocycles. The predicted octanol–water partition coefficient (Wildman–Crippen LogP) is 6.50. The maximum absolute atomic E-state index is 12.7. The Hall–Kier alpha value is -3.30. The van der Waals surface area contributed by atoms with E-state index in [2.05, 4.69) is 48.5 Å². The summed E-state index contributed by atoms with van der Waals surface area (Å²) in [5.74, 6) is 0.782. The Morgan fingerprint density at radius 2 is 1.53 bits per heavy atom. The first-order valence-corrected chi connectivity index (χ1v) is 11.4. The molecule has 0 spiro atoms. The molecule has 0 radical (unpaired) electrons. The molecule has 3 nitrogen and oxygen atoms in total. The standard InChI is InChI=1S/C29H27NO2/c31-26(18-21-13-15-32-16-14-21)19-22-11-12-28-25(17-22)20-27(23-7-3-1-4-8-23)29(30-28)24-9-5-2-6-10-24/h1-12,17,20-21H,13-16,18-19H2. The minimum Gasteiger partial charge on any atom is -0.381 e. The summed E-state index contributed by atoms with van der Waals surface area (Å²) in [4.78, 5) is 17.7. The third-order valence-corrected chi connectivity index (χ3v) is 6.27. The molecule has 5 rings (SSSR count). The van der Waals surface area contributed by atoms with Gasteiger partial charge in [-0.2, -0.15) is 0 Å². The highest BCUT2D eigenvalue weighted by Crippen LogP contribution is 2.33. The van der Waals surface area contributed by atoms with Crippen LogP contribution in [0.4, 0.5) is 0 Å². The summed E-state index contributed by atoms with van der Waals surface area (Å²) in [5.41, 5.74) is 6.33. The first-order chi connectivity index (χ1) is 15.8. The molecular weight excluding hydrogens is 394 g/mol. The van der Waals surface area contributed by atoms with E-state index in [4.69, 9.17) is 9.72 Å². The van der Waals surface area contributed by atoms with Crippen LogP contribution in [-0.4, -0.2) is 24.0 Å². The molecule has 1 aliphatic rings. The van der Waals surface area contributed by atoms with Crippen LogP contribution in [-0.2, 0) is 16.0 Å². The number of nitrogens with zero attached hydrogens (tertiary/aromatic N) is 1. The average Bonchev–Trinajstić information content (AvgIpc) is 2.85. The second-order valence-electron chi connectivity index (χ2n) is 8.62. The zero-order valence-corrected chi connectivity index (χ0v) is 18.2. The van der Waals surface area contributed by atoms with E-state index in [0.717, 1.165) is 64.9 Å². The molecular formula is C29H27NO2. The second kappa shape index (κ2) is 9.46. The molecule has 1 saturated heterocycles. The summed E-state index contributed by atoms with van der Waals surface area (Å²) in [5, 5.41) is 1.07. The number of hydrogen-bond donors (Lipinski definition) is 0. The van der Waals surface area contributed by atoms with Gasteiger partial charge in [0, 0.05) is 42.6 Å². The highest BCUT2D eigenvalue weighted by Gasteiger charge is 2.18. The van der Waals surface area contributed by atoms with Crippen LogP contribution in [0.3, 0.4) is 0 Å². The van der Waals surface area contributed by atoms with Gasteiger partial charge in [-0.15, -0.1) is 0 Å². The Bertz CT molecular complexity index is 1210. The molecule has 0 N–H and O–H groups in total. The van der Waals surface area contributed by atoms with Gasteiger partial charge in [-0.25, -0.2) is 4.98 Å². The van der Waals surface area contributed by atoms with Gasteiger partial charge in [0.2, 0.25) is 0 Å². The summed E-state index contributed by atoms with van der Waals surface area (Å²) in [6.45, 7) is 1.57. The zero-order chi connectivity index (χ0) is 21.8. The number of pyridine rings is 1. The van der Waals surface area contributed by atoms with E-state index < -0.39 is 0 Å².